The van der Waals surface area contributed by atoms with Crippen LogP contribution < -0.4 is 9.09 Å². The number of carbonyl (C=O) groups is 1. The maximum atomic E-state index is 11.9. The zero-order chi connectivity index (χ0) is 16.3. The van der Waals surface area contributed by atoms with Gasteiger partial charge >= 0.3 is 123 Å². The van der Waals surface area contributed by atoms with Crippen molar-refractivity contribution in [3.8, 4) is 11.5 Å². The number of rotatable bonds is 3. The average molecular weight is 379 g/mol. The van der Waals surface area contributed by atoms with Gasteiger partial charge in [-0.25, -0.2) is 0 Å². The first kappa shape index (κ1) is 16.9. The number of halogens is 1. The molecule has 2 rings (SSSR count). The molecule has 0 amide bonds. The van der Waals surface area contributed by atoms with E-state index in [0.29, 0.717) is 22.1 Å². The van der Waals surface area contributed by atoms with Crippen LogP contribution >= 0.6 is 11.6 Å². The Balaban J connectivity index is 2.10. The van der Waals surface area contributed by atoms with Crippen molar-refractivity contribution in [2.45, 2.75) is 26.4 Å². The molecule has 0 aliphatic rings. The van der Waals surface area contributed by atoms with Crippen molar-refractivity contribution in [2.24, 2.45) is 0 Å². The van der Waals surface area contributed by atoms with Gasteiger partial charge in [0.25, 0.3) is 0 Å². The van der Waals surface area contributed by atoms with Crippen LogP contribution in [0.25, 0.3) is 0 Å². The van der Waals surface area contributed by atoms with Crippen LogP contribution in [0.5, 0.6) is 11.5 Å². The normalized spacial score (nSPS) is 11.1. The molecule has 2 radical (unpaired) electrons. The molecular weight excluding hydrogens is 363 g/mol. The van der Waals surface area contributed by atoms with Gasteiger partial charge in [-0.15, -0.1) is 0 Å². The molecule has 3 nitrogen and oxygen atoms in total. The van der Waals surface area contributed by atoms with Crippen LogP contribution in [0.15, 0.2) is 42.5 Å². The third kappa shape index (κ3) is 4.79. The Bertz CT molecular complexity index is 675. The summed E-state index contributed by atoms with van der Waals surface area (Å²) in [6.07, 6.45) is 0. The zero-order valence-electron chi connectivity index (χ0n) is 12.6. The molecular formula is C17H16AsClO3. The number of hydrogen-bond donors (Lipinski definition) is 0. The van der Waals surface area contributed by atoms with Gasteiger partial charge in [0.1, 0.15) is 0 Å². The molecule has 0 saturated heterocycles. The zero-order valence-corrected chi connectivity index (χ0v) is 15.2. The Kier molecular flexibility index (Phi) is 5.20. The topological polar surface area (TPSA) is 35.5 Å². The minimum absolute atomic E-state index is 0.356. The molecule has 0 fully saturated rings. The fourth-order valence-corrected chi connectivity index (χ4v) is 2.51. The molecule has 114 valence electrons. The van der Waals surface area contributed by atoms with Crippen LogP contribution in [0, 0.1) is 0 Å². The molecule has 5 heteroatoms. The van der Waals surface area contributed by atoms with Crippen molar-refractivity contribution in [3.63, 3.8) is 0 Å². The van der Waals surface area contributed by atoms with Gasteiger partial charge in [-0.05, 0) is 20.8 Å². The molecule has 2 aromatic rings. The number of hydrogen-bond acceptors (Lipinski definition) is 3. The van der Waals surface area contributed by atoms with Gasteiger partial charge < -0.3 is 0 Å². The first-order chi connectivity index (χ1) is 10.2. The van der Waals surface area contributed by atoms with Gasteiger partial charge in [0.2, 0.25) is 0 Å². The van der Waals surface area contributed by atoms with Crippen molar-refractivity contribution in [2.75, 3.05) is 0 Å². The van der Waals surface area contributed by atoms with Crippen LogP contribution in [-0.2, 0) is 4.74 Å². The van der Waals surface area contributed by atoms with E-state index < -0.39 is 5.60 Å². The second-order valence-electron chi connectivity index (χ2n) is 5.74. The van der Waals surface area contributed by atoms with Crippen molar-refractivity contribution in [1.82, 2.24) is 0 Å². The molecule has 0 bridgehead atoms. The number of esters is 1. The Morgan fingerprint density at radius 3 is 2.27 bits per heavy atom. The summed E-state index contributed by atoms with van der Waals surface area (Å²) in [4.78, 5) is 11.9. The van der Waals surface area contributed by atoms with Crippen LogP contribution in [-0.4, -0.2) is 28.4 Å². The van der Waals surface area contributed by atoms with Crippen molar-refractivity contribution in [3.05, 3.63) is 53.1 Å². The SMILES string of the molecule is CC(C)(C)OC(=O)c1ccc(Oc2ccc([As])cc2Cl)cc1. The van der Waals surface area contributed by atoms with Gasteiger partial charge in [-0.2, -0.15) is 0 Å². The Hall–Kier alpha value is -1.44. The van der Waals surface area contributed by atoms with Gasteiger partial charge in [-0.3, -0.25) is 0 Å². The van der Waals surface area contributed by atoms with E-state index in [0.717, 1.165) is 4.35 Å². The molecule has 0 aromatic heterocycles. The average Bonchev–Trinajstić information content (AvgIpc) is 2.41. The summed E-state index contributed by atoms with van der Waals surface area (Å²) in [6, 6.07) is 12.3. The number of ether oxygens (including phenoxy) is 2. The number of carbonyl (C=O) groups excluding carboxylic acids is 1. The first-order valence-corrected chi connectivity index (χ1v) is 8.06. The van der Waals surface area contributed by atoms with Gasteiger partial charge in [0, 0.05) is 0 Å². The van der Waals surface area contributed by atoms with Crippen LogP contribution in [0.1, 0.15) is 31.1 Å². The molecule has 0 aliphatic heterocycles. The summed E-state index contributed by atoms with van der Waals surface area (Å²) in [5.74, 6) is 0.819. The summed E-state index contributed by atoms with van der Waals surface area (Å²) in [7, 11) is 0. The molecule has 0 aliphatic carbocycles. The van der Waals surface area contributed by atoms with Gasteiger partial charge in [0.15, 0.2) is 0 Å². The van der Waals surface area contributed by atoms with Crippen LogP contribution in [0.3, 0.4) is 0 Å². The van der Waals surface area contributed by atoms with E-state index in [1.807, 2.05) is 32.9 Å². The van der Waals surface area contributed by atoms with E-state index in [-0.39, 0.29) is 5.97 Å². The Morgan fingerprint density at radius 1 is 1.09 bits per heavy atom. The quantitative estimate of drug-likeness (QED) is 0.600. The molecule has 22 heavy (non-hydrogen) atoms. The standard InChI is InChI=1S/C17H16AsClO3/c1-17(2,3)22-16(20)11-4-7-13(8-5-11)21-15-9-6-12(18)10-14(15)19/h4-10H,1-3H3. The minimum atomic E-state index is -0.514. The Labute approximate surface area is 144 Å². The fraction of sp³-hybridized carbons (Fsp3) is 0.235. The fourth-order valence-electron chi connectivity index (χ4n) is 1.70. The second kappa shape index (κ2) is 6.76. The van der Waals surface area contributed by atoms with Crippen molar-refractivity contribution < 1.29 is 14.3 Å². The molecule has 0 heterocycles. The summed E-state index contributed by atoms with van der Waals surface area (Å²) < 4.78 is 12.0. The first-order valence-electron chi connectivity index (χ1n) is 6.74. The van der Waals surface area contributed by atoms with E-state index in [2.05, 4.69) is 16.9 Å². The summed E-state index contributed by atoms with van der Waals surface area (Å²) in [5.41, 5.74) is -0.0326. The summed E-state index contributed by atoms with van der Waals surface area (Å²) in [6.45, 7) is 5.50. The molecule has 0 atom stereocenters. The van der Waals surface area contributed by atoms with E-state index in [4.69, 9.17) is 21.1 Å². The monoisotopic (exact) mass is 378 g/mol. The van der Waals surface area contributed by atoms with Crippen molar-refractivity contribution >= 4 is 38.8 Å². The second-order valence-corrected chi connectivity index (χ2v) is 7.23. The maximum absolute atomic E-state index is 11.9. The third-order valence-corrected chi connectivity index (χ3v) is 3.51. The molecule has 0 spiro atoms. The van der Waals surface area contributed by atoms with E-state index in [1.165, 1.54) is 0 Å². The van der Waals surface area contributed by atoms with E-state index in [1.54, 1.807) is 30.3 Å². The van der Waals surface area contributed by atoms with Crippen molar-refractivity contribution in [1.29, 1.82) is 0 Å². The summed E-state index contributed by atoms with van der Waals surface area (Å²) >= 11 is 8.55. The number of benzene rings is 2. The predicted octanol–water partition coefficient (Wildman–Crippen LogP) is 3.88. The van der Waals surface area contributed by atoms with E-state index >= 15 is 0 Å². The third-order valence-electron chi connectivity index (χ3n) is 2.63. The van der Waals surface area contributed by atoms with Crippen LogP contribution in [0.4, 0.5) is 0 Å². The predicted molar refractivity (Wildman–Crippen MR) is 88.5 cm³/mol. The summed E-state index contributed by atoms with van der Waals surface area (Å²) in [5, 5.41) is 0.536. The van der Waals surface area contributed by atoms with Gasteiger partial charge in [0.05, 0.1) is 0 Å². The van der Waals surface area contributed by atoms with Gasteiger partial charge in [-0.1, -0.05) is 0 Å². The molecule has 2 aromatic carbocycles. The van der Waals surface area contributed by atoms with E-state index in [9.17, 15) is 4.79 Å². The molecule has 0 saturated carbocycles. The molecule has 0 unspecified atom stereocenters. The van der Waals surface area contributed by atoms with Crippen LogP contribution in [0.2, 0.25) is 5.02 Å². The molecule has 0 N–H and O–H groups in total. The Morgan fingerprint density at radius 2 is 1.73 bits per heavy atom.